The molecular formula is C39H48O5. The summed E-state index contributed by atoms with van der Waals surface area (Å²) in [7, 11) is 0. The van der Waals surface area contributed by atoms with E-state index in [0.29, 0.717) is 16.9 Å². The molecule has 0 saturated heterocycles. The highest BCUT2D eigenvalue weighted by Gasteiger charge is 2.14. The predicted octanol–water partition coefficient (Wildman–Crippen LogP) is 10.2. The zero-order chi connectivity index (χ0) is 31.4. The number of carbonyl (C=O) groups is 2. The van der Waals surface area contributed by atoms with Crippen molar-refractivity contribution in [1.82, 2.24) is 0 Å². The van der Waals surface area contributed by atoms with Gasteiger partial charge in [0.2, 0.25) is 0 Å². The van der Waals surface area contributed by atoms with Crippen LogP contribution in [0.1, 0.15) is 118 Å². The lowest BCUT2D eigenvalue weighted by Gasteiger charge is -2.13. The van der Waals surface area contributed by atoms with Crippen LogP contribution >= 0.6 is 0 Å². The van der Waals surface area contributed by atoms with E-state index in [-0.39, 0.29) is 6.10 Å². The molecular weight excluding hydrogens is 548 g/mol. The number of benzene rings is 3. The Balaban J connectivity index is 1.39. The number of ether oxygens (including phenoxy) is 3. The molecule has 0 N–H and O–H groups in total. The molecule has 0 bridgehead atoms. The van der Waals surface area contributed by atoms with E-state index < -0.39 is 11.9 Å². The molecule has 0 aliphatic carbocycles. The minimum absolute atomic E-state index is 0.184. The molecule has 0 amide bonds. The highest BCUT2D eigenvalue weighted by atomic mass is 16.5. The van der Waals surface area contributed by atoms with Crippen LogP contribution in [0.3, 0.4) is 0 Å². The summed E-state index contributed by atoms with van der Waals surface area (Å²) in [6.45, 7) is 4.88. The van der Waals surface area contributed by atoms with Crippen LogP contribution in [0, 0.1) is 12.3 Å². The van der Waals surface area contributed by atoms with Crippen molar-refractivity contribution in [2.45, 2.75) is 103 Å². The van der Waals surface area contributed by atoms with E-state index in [1.165, 1.54) is 44.9 Å². The first-order chi connectivity index (χ1) is 21.5. The number of terminal acetylenes is 1. The normalized spacial score (nSPS) is 11.4. The van der Waals surface area contributed by atoms with Crippen molar-refractivity contribution in [3.8, 4) is 35.0 Å². The van der Waals surface area contributed by atoms with Gasteiger partial charge in [-0.2, -0.15) is 0 Å². The van der Waals surface area contributed by atoms with Gasteiger partial charge in [0.25, 0.3) is 0 Å². The number of carbonyl (C=O) groups excluding carboxylic acids is 2. The summed E-state index contributed by atoms with van der Waals surface area (Å²) < 4.78 is 17.0. The second-order valence-electron chi connectivity index (χ2n) is 11.4. The highest BCUT2D eigenvalue weighted by molar-refractivity contribution is 5.94. The third-order valence-electron chi connectivity index (χ3n) is 7.62. The zero-order valence-corrected chi connectivity index (χ0v) is 26.5. The Hall–Kier alpha value is -4.04. The molecule has 5 nitrogen and oxygen atoms in total. The molecule has 0 spiro atoms. The van der Waals surface area contributed by atoms with Crippen molar-refractivity contribution in [1.29, 1.82) is 0 Å². The number of esters is 2. The van der Waals surface area contributed by atoms with Crippen molar-refractivity contribution in [2.75, 3.05) is 6.61 Å². The maximum atomic E-state index is 12.7. The summed E-state index contributed by atoms with van der Waals surface area (Å²) >= 11 is 0. The minimum Gasteiger partial charge on any atom is -0.494 e. The summed E-state index contributed by atoms with van der Waals surface area (Å²) in [6.07, 6.45) is 19.9. The van der Waals surface area contributed by atoms with E-state index in [0.717, 1.165) is 62.0 Å². The van der Waals surface area contributed by atoms with Gasteiger partial charge in [-0.1, -0.05) is 82.6 Å². The third kappa shape index (κ3) is 12.7. The molecule has 0 unspecified atom stereocenters. The number of unbranched alkanes of at least 4 members (excludes halogenated alkanes) is 10. The van der Waals surface area contributed by atoms with Gasteiger partial charge < -0.3 is 14.2 Å². The quantitative estimate of drug-likeness (QED) is 0.0562. The maximum Gasteiger partial charge on any atom is 0.343 e. The molecule has 0 aliphatic heterocycles. The van der Waals surface area contributed by atoms with Crippen molar-refractivity contribution in [2.24, 2.45) is 0 Å². The summed E-state index contributed by atoms with van der Waals surface area (Å²) in [6, 6.07) is 21.8. The maximum absolute atomic E-state index is 12.7. The predicted molar refractivity (Wildman–Crippen MR) is 178 cm³/mol. The Bertz CT molecular complexity index is 1290. The van der Waals surface area contributed by atoms with Crippen LogP contribution < -0.4 is 9.47 Å². The van der Waals surface area contributed by atoms with Gasteiger partial charge in [-0.05, 0) is 92.3 Å². The Morgan fingerprint density at radius 2 is 1.18 bits per heavy atom. The molecule has 234 valence electrons. The van der Waals surface area contributed by atoms with Crippen LogP contribution in [0.25, 0.3) is 11.1 Å². The third-order valence-corrected chi connectivity index (χ3v) is 7.62. The van der Waals surface area contributed by atoms with Crippen LogP contribution in [0.4, 0.5) is 0 Å². The average Bonchev–Trinajstić information content (AvgIpc) is 3.04. The fourth-order valence-electron chi connectivity index (χ4n) is 4.94. The van der Waals surface area contributed by atoms with Gasteiger partial charge in [0, 0.05) is 6.42 Å². The van der Waals surface area contributed by atoms with Crippen molar-refractivity contribution >= 4 is 11.9 Å². The van der Waals surface area contributed by atoms with Gasteiger partial charge >= 0.3 is 11.9 Å². The number of rotatable bonds is 20. The summed E-state index contributed by atoms with van der Waals surface area (Å²) in [5.74, 6) is 3.07. The molecule has 44 heavy (non-hydrogen) atoms. The van der Waals surface area contributed by atoms with Gasteiger partial charge in [-0.3, -0.25) is 0 Å². The molecule has 0 fully saturated rings. The van der Waals surface area contributed by atoms with Crippen molar-refractivity contribution < 1.29 is 23.8 Å². The zero-order valence-electron chi connectivity index (χ0n) is 26.5. The van der Waals surface area contributed by atoms with Gasteiger partial charge in [0.1, 0.15) is 11.5 Å². The second-order valence-corrected chi connectivity index (χ2v) is 11.4. The first-order valence-corrected chi connectivity index (χ1v) is 16.3. The molecule has 3 aromatic carbocycles. The Morgan fingerprint density at radius 1 is 0.659 bits per heavy atom. The van der Waals surface area contributed by atoms with E-state index in [2.05, 4.69) is 12.8 Å². The van der Waals surface area contributed by atoms with Crippen LogP contribution in [-0.4, -0.2) is 24.6 Å². The highest BCUT2D eigenvalue weighted by Crippen LogP contribution is 2.25. The molecule has 0 aliphatic rings. The van der Waals surface area contributed by atoms with Crippen LogP contribution in [-0.2, 0) is 4.74 Å². The lowest BCUT2D eigenvalue weighted by Crippen LogP contribution is -2.15. The van der Waals surface area contributed by atoms with Crippen LogP contribution in [0.15, 0.2) is 72.8 Å². The monoisotopic (exact) mass is 596 g/mol. The molecule has 3 aromatic rings. The number of hydrogen-bond donors (Lipinski definition) is 0. The number of hydrogen-bond acceptors (Lipinski definition) is 5. The molecule has 3 rings (SSSR count). The van der Waals surface area contributed by atoms with E-state index >= 15 is 0 Å². The summed E-state index contributed by atoms with van der Waals surface area (Å²) in [5.41, 5.74) is 2.83. The summed E-state index contributed by atoms with van der Waals surface area (Å²) in [4.78, 5) is 25.2. The van der Waals surface area contributed by atoms with Gasteiger partial charge in [0.05, 0.1) is 23.8 Å². The Morgan fingerprint density at radius 3 is 1.77 bits per heavy atom. The fourth-order valence-corrected chi connectivity index (χ4v) is 4.94. The SMILES string of the molecule is C#CCCCCC[C@@H](C)OC(=O)c1ccc(C(=O)Oc2ccc(-c3ccc(OCCCCCCCCCC)cc3)cc2)cc1. The van der Waals surface area contributed by atoms with E-state index in [4.69, 9.17) is 20.6 Å². The lowest BCUT2D eigenvalue weighted by molar-refractivity contribution is 0.0319. The van der Waals surface area contributed by atoms with Gasteiger partial charge in [-0.25, -0.2) is 9.59 Å². The molecule has 0 aromatic heterocycles. The summed E-state index contributed by atoms with van der Waals surface area (Å²) in [5, 5.41) is 0. The van der Waals surface area contributed by atoms with E-state index in [1.807, 2.05) is 43.3 Å². The molecule has 0 heterocycles. The molecule has 1 atom stereocenters. The van der Waals surface area contributed by atoms with Gasteiger partial charge in [0.15, 0.2) is 0 Å². The van der Waals surface area contributed by atoms with Crippen molar-refractivity contribution in [3.63, 3.8) is 0 Å². The largest absolute Gasteiger partial charge is 0.494 e. The first kappa shape index (κ1) is 34.5. The Kier molecular flexibility index (Phi) is 15.7. The minimum atomic E-state index is -0.490. The standard InChI is InChI=1S/C39H48O5/c1-4-6-8-10-11-12-14-16-30-42-36-26-22-32(23-27-36)33-24-28-37(29-25-33)44-39(41)35-20-18-34(19-21-35)38(40)43-31(3)17-15-13-9-7-5-2/h2,18-29,31H,4,6-17,30H2,1,3H3/t31-/m1/s1. The smallest absolute Gasteiger partial charge is 0.343 e. The topological polar surface area (TPSA) is 61.8 Å². The van der Waals surface area contributed by atoms with Crippen LogP contribution in [0.2, 0.25) is 0 Å². The molecule has 0 radical (unpaired) electrons. The fraction of sp³-hybridized carbons (Fsp3) is 0.436. The van der Waals surface area contributed by atoms with Crippen LogP contribution in [0.5, 0.6) is 11.5 Å². The second kappa shape index (κ2) is 20.0. The molecule has 5 heteroatoms. The first-order valence-electron chi connectivity index (χ1n) is 16.3. The van der Waals surface area contributed by atoms with Gasteiger partial charge in [-0.15, -0.1) is 12.3 Å². The van der Waals surface area contributed by atoms with E-state index in [1.54, 1.807) is 36.4 Å². The van der Waals surface area contributed by atoms with E-state index in [9.17, 15) is 9.59 Å². The van der Waals surface area contributed by atoms with Crippen molar-refractivity contribution in [3.05, 3.63) is 83.9 Å². The average molecular weight is 597 g/mol. The molecule has 0 saturated carbocycles. The Labute approximate surface area is 264 Å². The lowest BCUT2D eigenvalue weighted by atomic mass is 10.1.